The highest BCUT2D eigenvalue weighted by Gasteiger charge is 2.33. The molecule has 0 aromatic heterocycles. The molecule has 0 saturated carbocycles. The standard InChI is InChI=1S/C17H24N2O6S/c1-14-2-4-16(5-3-14)26(21,22)24-13-15-12-19(17(20)25-15)7-6-18-8-10-23-11-9-18/h2-5,15H,6-13H2,1H3. The number of benzene rings is 1. The molecule has 9 heteroatoms. The maximum Gasteiger partial charge on any atom is 0.410 e. The number of cyclic esters (lactones) is 1. The average Bonchev–Trinajstić information content (AvgIpc) is 2.99. The second-order valence-corrected chi connectivity index (χ2v) is 8.07. The van der Waals surface area contributed by atoms with Crippen LogP contribution in [0, 0.1) is 6.92 Å². The second kappa shape index (κ2) is 8.34. The molecule has 0 radical (unpaired) electrons. The highest BCUT2D eigenvalue weighted by atomic mass is 32.2. The summed E-state index contributed by atoms with van der Waals surface area (Å²) < 4.78 is 40.0. The summed E-state index contributed by atoms with van der Waals surface area (Å²) in [6.45, 7) is 6.42. The number of rotatable bonds is 7. The third-order valence-electron chi connectivity index (χ3n) is 4.46. The molecule has 26 heavy (non-hydrogen) atoms. The lowest BCUT2D eigenvalue weighted by Crippen LogP contribution is -2.41. The molecule has 144 valence electrons. The van der Waals surface area contributed by atoms with Crippen molar-refractivity contribution in [1.82, 2.24) is 9.80 Å². The molecule has 0 spiro atoms. The van der Waals surface area contributed by atoms with Crippen LogP contribution in [0.1, 0.15) is 5.56 Å². The summed E-state index contributed by atoms with van der Waals surface area (Å²) in [7, 11) is -3.86. The van der Waals surface area contributed by atoms with Gasteiger partial charge in [0.2, 0.25) is 0 Å². The van der Waals surface area contributed by atoms with Gasteiger partial charge in [-0.2, -0.15) is 8.42 Å². The van der Waals surface area contributed by atoms with Crippen molar-refractivity contribution < 1.29 is 26.9 Å². The number of nitrogens with zero attached hydrogens (tertiary/aromatic N) is 2. The van der Waals surface area contributed by atoms with Crippen LogP contribution in [0.25, 0.3) is 0 Å². The number of aryl methyl sites for hydroxylation is 1. The van der Waals surface area contributed by atoms with E-state index in [1.165, 1.54) is 12.1 Å². The molecule has 1 atom stereocenters. The van der Waals surface area contributed by atoms with E-state index in [2.05, 4.69) is 4.90 Å². The van der Waals surface area contributed by atoms with Gasteiger partial charge in [-0.05, 0) is 19.1 Å². The van der Waals surface area contributed by atoms with Crippen LogP contribution in [0.2, 0.25) is 0 Å². The lowest BCUT2D eigenvalue weighted by molar-refractivity contribution is 0.0353. The molecule has 2 fully saturated rings. The fourth-order valence-corrected chi connectivity index (χ4v) is 3.81. The Morgan fingerprint density at radius 3 is 2.54 bits per heavy atom. The van der Waals surface area contributed by atoms with E-state index in [1.807, 2.05) is 6.92 Å². The van der Waals surface area contributed by atoms with Gasteiger partial charge in [-0.15, -0.1) is 0 Å². The van der Waals surface area contributed by atoms with E-state index in [9.17, 15) is 13.2 Å². The zero-order chi connectivity index (χ0) is 18.6. The lowest BCUT2D eigenvalue weighted by Gasteiger charge is -2.27. The Morgan fingerprint density at radius 1 is 1.15 bits per heavy atom. The van der Waals surface area contributed by atoms with Crippen molar-refractivity contribution in [2.45, 2.75) is 17.9 Å². The van der Waals surface area contributed by atoms with Gasteiger partial charge >= 0.3 is 6.09 Å². The van der Waals surface area contributed by atoms with Gasteiger partial charge in [0.1, 0.15) is 12.7 Å². The molecule has 8 nitrogen and oxygen atoms in total. The van der Waals surface area contributed by atoms with Gasteiger partial charge < -0.3 is 14.4 Å². The summed E-state index contributed by atoms with van der Waals surface area (Å²) in [5, 5.41) is 0. The van der Waals surface area contributed by atoms with Crippen LogP contribution < -0.4 is 0 Å². The fraction of sp³-hybridized carbons (Fsp3) is 0.588. The van der Waals surface area contributed by atoms with E-state index in [0.29, 0.717) is 26.3 Å². The maximum absolute atomic E-state index is 12.2. The second-order valence-electron chi connectivity index (χ2n) is 6.46. The first-order chi connectivity index (χ1) is 12.4. The van der Waals surface area contributed by atoms with Crippen LogP contribution in [-0.2, 0) is 23.8 Å². The number of ether oxygens (including phenoxy) is 2. The summed E-state index contributed by atoms with van der Waals surface area (Å²) in [6, 6.07) is 6.42. The Morgan fingerprint density at radius 2 is 1.85 bits per heavy atom. The Kier molecular flexibility index (Phi) is 6.13. The molecule has 1 aromatic carbocycles. The first kappa shape index (κ1) is 19.1. The van der Waals surface area contributed by atoms with Crippen molar-refractivity contribution in [2.24, 2.45) is 0 Å². The predicted octanol–water partition coefficient (Wildman–Crippen LogP) is 0.853. The SMILES string of the molecule is Cc1ccc(S(=O)(=O)OCC2CN(CCN3CCOCC3)C(=O)O2)cc1. The van der Waals surface area contributed by atoms with Crippen LogP contribution in [0.4, 0.5) is 4.79 Å². The smallest absolute Gasteiger partial charge is 0.410 e. The summed E-state index contributed by atoms with van der Waals surface area (Å²) in [5.74, 6) is 0. The van der Waals surface area contributed by atoms with E-state index in [-0.39, 0.29) is 11.5 Å². The van der Waals surface area contributed by atoms with E-state index < -0.39 is 22.3 Å². The molecule has 2 aliphatic rings. The minimum absolute atomic E-state index is 0.0941. The van der Waals surface area contributed by atoms with Crippen LogP contribution in [-0.4, -0.2) is 83.0 Å². The molecule has 2 heterocycles. The van der Waals surface area contributed by atoms with Gasteiger partial charge in [0.25, 0.3) is 10.1 Å². The molecular weight excluding hydrogens is 360 g/mol. The molecule has 0 N–H and O–H groups in total. The molecule has 3 rings (SSSR count). The highest BCUT2D eigenvalue weighted by molar-refractivity contribution is 7.86. The van der Waals surface area contributed by atoms with Gasteiger partial charge in [-0.3, -0.25) is 9.08 Å². The molecule has 0 aliphatic carbocycles. The van der Waals surface area contributed by atoms with Crippen molar-refractivity contribution in [3.63, 3.8) is 0 Å². The van der Waals surface area contributed by atoms with Crippen molar-refractivity contribution in [2.75, 3.05) is 52.5 Å². The van der Waals surface area contributed by atoms with E-state index >= 15 is 0 Å². The van der Waals surface area contributed by atoms with Crippen LogP contribution in [0.15, 0.2) is 29.2 Å². The summed E-state index contributed by atoms with van der Waals surface area (Å²) in [5.41, 5.74) is 0.963. The van der Waals surface area contributed by atoms with Crippen molar-refractivity contribution in [3.05, 3.63) is 29.8 Å². The normalized spacial score (nSPS) is 21.8. The lowest BCUT2D eigenvalue weighted by atomic mass is 10.2. The molecule has 2 aliphatic heterocycles. The zero-order valence-electron chi connectivity index (χ0n) is 14.8. The molecule has 2 saturated heterocycles. The van der Waals surface area contributed by atoms with Gasteiger partial charge in [0, 0.05) is 26.2 Å². The largest absolute Gasteiger partial charge is 0.442 e. The fourth-order valence-electron chi connectivity index (χ4n) is 2.87. The monoisotopic (exact) mass is 384 g/mol. The maximum atomic E-state index is 12.2. The molecule has 0 bridgehead atoms. The number of carbonyl (C=O) groups excluding carboxylic acids is 1. The average molecular weight is 384 g/mol. The third kappa shape index (κ3) is 4.94. The Bertz CT molecular complexity index is 715. The zero-order valence-corrected chi connectivity index (χ0v) is 15.6. The summed E-state index contributed by atoms with van der Waals surface area (Å²) in [4.78, 5) is 15.8. The Balaban J connectivity index is 1.47. The highest BCUT2D eigenvalue weighted by Crippen LogP contribution is 2.17. The van der Waals surface area contributed by atoms with Crippen LogP contribution >= 0.6 is 0 Å². The number of carbonyl (C=O) groups is 1. The van der Waals surface area contributed by atoms with Crippen LogP contribution in [0.5, 0.6) is 0 Å². The van der Waals surface area contributed by atoms with Crippen LogP contribution in [0.3, 0.4) is 0 Å². The number of hydrogen-bond acceptors (Lipinski definition) is 7. The molecule has 1 unspecified atom stereocenters. The quantitative estimate of drug-likeness (QED) is 0.645. The van der Waals surface area contributed by atoms with Gasteiger partial charge in [-0.1, -0.05) is 17.7 Å². The topological polar surface area (TPSA) is 85.4 Å². The van der Waals surface area contributed by atoms with Gasteiger partial charge in [0.05, 0.1) is 24.7 Å². The molecule has 1 aromatic rings. The third-order valence-corrected chi connectivity index (χ3v) is 5.75. The minimum Gasteiger partial charge on any atom is -0.442 e. The van der Waals surface area contributed by atoms with Crippen molar-refractivity contribution in [3.8, 4) is 0 Å². The Labute approximate surface area is 153 Å². The van der Waals surface area contributed by atoms with Crippen molar-refractivity contribution >= 4 is 16.2 Å². The van der Waals surface area contributed by atoms with E-state index in [4.69, 9.17) is 13.7 Å². The van der Waals surface area contributed by atoms with E-state index in [0.717, 1.165) is 25.2 Å². The summed E-state index contributed by atoms with van der Waals surface area (Å²) >= 11 is 0. The first-order valence-electron chi connectivity index (χ1n) is 8.66. The first-order valence-corrected chi connectivity index (χ1v) is 10.1. The molecule has 1 amide bonds. The van der Waals surface area contributed by atoms with Gasteiger partial charge in [0.15, 0.2) is 0 Å². The summed E-state index contributed by atoms with van der Waals surface area (Å²) in [6.07, 6.45) is -1.02. The van der Waals surface area contributed by atoms with Crippen molar-refractivity contribution in [1.29, 1.82) is 0 Å². The number of hydrogen-bond donors (Lipinski definition) is 0. The van der Waals surface area contributed by atoms with E-state index in [1.54, 1.807) is 17.0 Å². The minimum atomic E-state index is -3.86. The number of morpholine rings is 1. The van der Waals surface area contributed by atoms with Gasteiger partial charge in [-0.25, -0.2) is 4.79 Å². The Hall–Kier alpha value is -1.68. The molecular formula is C17H24N2O6S. The predicted molar refractivity (Wildman–Crippen MR) is 93.4 cm³/mol. The number of amides is 1.